The molecule has 0 atom stereocenters. The molecule has 84 valence electrons. The van der Waals surface area contributed by atoms with Gasteiger partial charge in [-0.3, -0.25) is 0 Å². The summed E-state index contributed by atoms with van der Waals surface area (Å²) in [7, 11) is 0. The number of hydrogen-bond acceptors (Lipinski definition) is 2. The summed E-state index contributed by atoms with van der Waals surface area (Å²) in [6.45, 7) is -0.239. The smallest absolute Gasteiger partial charge is 0.390 e. The van der Waals surface area contributed by atoms with Gasteiger partial charge in [-0.1, -0.05) is 17.7 Å². The van der Waals surface area contributed by atoms with E-state index in [0.29, 0.717) is 16.4 Å². The number of rotatable bonds is 3. The Labute approximate surface area is 90.2 Å². The highest BCUT2D eigenvalue weighted by atomic mass is 35.5. The number of nitrogens with two attached hydrogens (primary N) is 1. The van der Waals surface area contributed by atoms with Crippen molar-refractivity contribution in [1.29, 1.82) is 0 Å². The number of para-hydroxylation sites is 1. The van der Waals surface area contributed by atoms with Gasteiger partial charge in [-0.15, -0.1) is 0 Å². The molecule has 0 saturated heterocycles. The van der Waals surface area contributed by atoms with E-state index in [9.17, 15) is 13.2 Å². The first-order valence-corrected chi connectivity index (χ1v) is 4.62. The molecule has 0 heterocycles. The summed E-state index contributed by atoms with van der Waals surface area (Å²) < 4.78 is 35.6. The average Bonchev–Trinajstić information content (AvgIpc) is 2.08. The second kappa shape index (κ2) is 4.61. The first-order valence-electron chi connectivity index (χ1n) is 4.25. The molecule has 0 spiro atoms. The van der Waals surface area contributed by atoms with Crippen molar-refractivity contribution >= 4 is 23.0 Å². The van der Waals surface area contributed by atoms with Gasteiger partial charge in [0.2, 0.25) is 0 Å². The van der Waals surface area contributed by atoms with Crippen LogP contribution in [0.2, 0.25) is 5.02 Å². The molecule has 0 radical (unpaired) electrons. The number of benzene rings is 1. The first-order chi connectivity index (χ1) is 6.90. The molecule has 0 bridgehead atoms. The fourth-order valence-electron chi connectivity index (χ4n) is 1.06. The zero-order valence-corrected chi connectivity index (χ0v) is 8.49. The lowest BCUT2D eigenvalue weighted by molar-refractivity contribution is -0.131. The average molecular weight is 239 g/mol. The van der Waals surface area contributed by atoms with E-state index in [1.807, 2.05) is 0 Å². The van der Waals surface area contributed by atoms with Gasteiger partial charge in [0, 0.05) is 6.54 Å². The van der Waals surface area contributed by atoms with Gasteiger partial charge in [0.25, 0.3) is 0 Å². The van der Waals surface area contributed by atoms with E-state index in [-0.39, 0.29) is 6.54 Å². The molecule has 1 aromatic rings. The van der Waals surface area contributed by atoms with Gasteiger partial charge in [0.05, 0.1) is 22.8 Å². The van der Waals surface area contributed by atoms with E-state index >= 15 is 0 Å². The van der Waals surface area contributed by atoms with Crippen molar-refractivity contribution in [2.75, 3.05) is 17.6 Å². The summed E-state index contributed by atoms with van der Waals surface area (Å²) in [5.41, 5.74) is 6.23. The molecule has 1 aromatic carbocycles. The lowest BCUT2D eigenvalue weighted by Crippen LogP contribution is -2.15. The molecule has 0 aliphatic heterocycles. The zero-order valence-electron chi connectivity index (χ0n) is 7.74. The normalized spacial score (nSPS) is 11.5. The standard InChI is InChI=1S/C9H10ClF3N2/c10-6-2-1-3-7(14)8(6)15-5-4-9(11,12)13/h1-3,15H,4-5,14H2. The Bertz CT molecular complexity index is 318. The van der Waals surface area contributed by atoms with Crippen LogP contribution in [-0.4, -0.2) is 12.7 Å². The van der Waals surface area contributed by atoms with Crippen LogP contribution >= 0.6 is 11.6 Å². The number of hydrogen-bond donors (Lipinski definition) is 2. The van der Waals surface area contributed by atoms with Crippen LogP contribution in [0.15, 0.2) is 18.2 Å². The van der Waals surface area contributed by atoms with E-state index < -0.39 is 12.6 Å². The molecule has 0 saturated carbocycles. The third kappa shape index (κ3) is 3.87. The van der Waals surface area contributed by atoms with E-state index in [2.05, 4.69) is 5.32 Å². The van der Waals surface area contributed by atoms with E-state index in [0.717, 1.165) is 0 Å². The number of anilines is 2. The number of alkyl halides is 3. The summed E-state index contributed by atoms with van der Waals surface area (Å²) in [5, 5.41) is 2.88. The Balaban J connectivity index is 2.58. The molecule has 15 heavy (non-hydrogen) atoms. The Morgan fingerprint density at radius 3 is 2.53 bits per heavy atom. The molecule has 1 rings (SSSR count). The topological polar surface area (TPSA) is 38.0 Å². The van der Waals surface area contributed by atoms with Crippen LogP contribution in [-0.2, 0) is 0 Å². The van der Waals surface area contributed by atoms with Crippen LogP contribution in [0.4, 0.5) is 24.5 Å². The molecule has 0 amide bonds. The summed E-state index contributed by atoms with van der Waals surface area (Å²) in [5.74, 6) is 0. The molecule has 0 aliphatic carbocycles. The van der Waals surface area contributed by atoms with Gasteiger partial charge in [-0.05, 0) is 12.1 Å². The highest BCUT2D eigenvalue weighted by Crippen LogP contribution is 2.28. The van der Waals surface area contributed by atoms with Gasteiger partial charge < -0.3 is 11.1 Å². The van der Waals surface area contributed by atoms with Crippen LogP contribution in [0.1, 0.15) is 6.42 Å². The Morgan fingerprint density at radius 1 is 1.33 bits per heavy atom. The molecule has 0 aliphatic rings. The Kier molecular flexibility index (Phi) is 3.68. The van der Waals surface area contributed by atoms with Crippen LogP contribution in [0, 0.1) is 0 Å². The second-order valence-electron chi connectivity index (χ2n) is 3.00. The van der Waals surface area contributed by atoms with Crippen molar-refractivity contribution in [2.24, 2.45) is 0 Å². The Hall–Kier alpha value is -1.10. The highest BCUT2D eigenvalue weighted by molar-refractivity contribution is 6.33. The molecule has 6 heteroatoms. The van der Waals surface area contributed by atoms with Gasteiger partial charge in [0.15, 0.2) is 0 Å². The summed E-state index contributed by atoms with van der Waals surface area (Å²) in [6, 6.07) is 4.77. The lowest BCUT2D eigenvalue weighted by atomic mass is 10.2. The zero-order chi connectivity index (χ0) is 11.5. The largest absolute Gasteiger partial charge is 0.397 e. The van der Waals surface area contributed by atoms with Gasteiger partial charge in [-0.25, -0.2) is 0 Å². The fraction of sp³-hybridized carbons (Fsp3) is 0.333. The van der Waals surface area contributed by atoms with Gasteiger partial charge in [0.1, 0.15) is 0 Å². The van der Waals surface area contributed by atoms with Crippen LogP contribution in [0.5, 0.6) is 0 Å². The quantitative estimate of drug-likeness (QED) is 0.793. The van der Waals surface area contributed by atoms with Crippen molar-refractivity contribution in [3.05, 3.63) is 23.2 Å². The third-order valence-corrected chi connectivity index (χ3v) is 2.07. The number of nitrogens with one attached hydrogen (secondary N) is 1. The summed E-state index contributed by atoms with van der Waals surface area (Å²) >= 11 is 5.76. The molecular formula is C9H10ClF3N2. The molecule has 0 unspecified atom stereocenters. The van der Waals surface area contributed by atoms with Crippen molar-refractivity contribution in [1.82, 2.24) is 0 Å². The minimum atomic E-state index is -4.18. The second-order valence-corrected chi connectivity index (χ2v) is 3.40. The van der Waals surface area contributed by atoms with Crippen molar-refractivity contribution in [3.8, 4) is 0 Å². The maximum Gasteiger partial charge on any atom is 0.390 e. The predicted octanol–water partition coefficient (Wildman–Crippen LogP) is 3.29. The molecule has 0 fully saturated rings. The van der Waals surface area contributed by atoms with Crippen LogP contribution < -0.4 is 11.1 Å². The minimum absolute atomic E-state index is 0.239. The molecule has 2 nitrogen and oxygen atoms in total. The Morgan fingerprint density at radius 2 is 2.00 bits per heavy atom. The number of halogens is 4. The fourth-order valence-corrected chi connectivity index (χ4v) is 1.31. The maximum absolute atomic E-state index is 11.9. The van der Waals surface area contributed by atoms with E-state index in [4.69, 9.17) is 17.3 Å². The van der Waals surface area contributed by atoms with Gasteiger partial charge >= 0.3 is 6.18 Å². The third-order valence-electron chi connectivity index (χ3n) is 1.76. The molecular weight excluding hydrogens is 229 g/mol. The lowest BCUT2D eigenvalue weighted by Gasteiger charge is -2.12. The number of nitrogen functional groups attached to an aromatic ring is 1. The van der Waals surface area contributed by atoms with Crippen LogP contribution in [0.25, 0.3) is 0 Å². The molecule has 0 aromatic heterocycles. The van der Waals surface area contributed by atoms with Crippen molar-refractivity contribution in [2.45, 2.75) is 12.6 Å². The van der Waals surface area contributed by atoms with Crippen molar-refractivity contribution < 1.29 is 13.2 Å². The maximum atomic E-state index is 11.9. The molecule has 3 N–H and O–H groups in total. The monoisotopic (exact) mass is 238 g/mol. The van der Waals surface area contributed by atoms with Crippen LogP contribution in [0.3, 0.4) is 0 Å². The van der Waals surface area contributed by atoms with E-state index in [1.165, 1.54) is 0 Å². The predicted molar refractivity (Wildman–Crippen MR) is 55.0 cm³/mol. The summed E-state index contributed by atoms with van der Waals surface area (Å²) in [6.07, 6.45) is -5.10. The minimum Gasteiger partial charge on any atom is -0.397 e. The van der Waals surface area contributed by atoms with Crippen molar-refractivity contribution in [3.63, 3.8) is 0 Å². The SMILES string of the molecule is Nc1cccc(Cl)c1NCCC(F)(F)F. The first kappa shape index (κ1) is 12.0. The summed E-state index contributed by atoms with van der Waals surface area (Å²) in [4.78, 5) is 0. The van der Waals surface area contributed by atoms with E-state index in [1.54, 1.807) is 18.2 Å². The van der Waals surface area contributed by atoms with Gasteiger partial charge in [-0.2, -0.15) is 13.2 Å². The highest BCUT2D eigenvalue weighted by Gasteiger charge is 2.26.